The van der Waals surface area contributed by atoms with E-state index >= 15 is 0 Å². The molecule has 166 valence electrons. The van der Waals surface area contributed by atoms with Gasteiger partial charge < -0.3 is 10.4 Å². The second-order valence-corrected chi connectivity index (χ2v) is 8.67. The third-order valence-corrected chi connectivity index (χ3v) is 6.38. The predicted octanol–water partition coefficient (Wildman–Crippen LogP) is 6.15. The van der Waals surface area contributed by atoms with Crippen molar-refractivity contribution in [3.63, 3.8) is 0 Å². The second kappa shape index (κ2) is 12.0. The van der Waals surface area contributed by atoms with Crippen LogP contribution in [0.15, 0.2) is 35.2 Å². The lowest BCUT2D eigenvalue weighted by atomic mass is 9.94. The molecule has 0 spiro atoms. The average Bonchev–Trinajstić information content (AvgIpc) is 2.74. The lowest BCUT2D eigenvalue weighted by Crippen LogP contribution is -2.13. The largest absolute Gasteiger partial charge is 0.396 e. The maximum Gasteiger partial charge on any atom is 0.255 e. The third-order valence-electron chi connectivity index (χ3n) is 4.65. The van der Waals surface area contributed by atoms with Gasteiger partial charge in [-0.05, 0) is 43.4 Å². The van der Waals surface area contributed by atoms with Gasteiger partial charge in [0, 0.05) is 46.6 Å². The number of rotatable bonds is 10. The van der Waals surface area contributed by atoms with Crippen molar-refractivity contribution in [2.75, 3.05) is 17.7 Å². The first kappa shape index (κ1) is 25.1. The van der Waals surface area contributed by atoms with Crippen LogP contribution in [0, 0.1) is 41.6 Å². The summed E-state index contributed by atoms with van der Waals surface area (Å²) in [5, 5.41) is 11.9. The molecule has 0 aliphatic heterocycles. The van der Waals surface area contributed by atoms with Gasteiger partial charge in [-0.25, -0.2) is 13.2 Å². The van der Waals surface area contributed by atoms with E-state index in [0.717, 1.165) is 12.8 Å². The molecule has 0 radical (unpaired) electrons. The molecule has 0 heterocycles. The molecule has 2 aromatic carbocycles. The smallest absolute Gasteiger partial charge is 0.255 e. The van der Waals surface area contributed by atoms with Crippen molar-refractivity contribution in [3.05, 3.63) is 58.4 Å². The molecule has 0 saturated carbocycles. The molecule has 2 N–H and O–H groups in total. The van der Waals surface area contributed by atoms with Gasteiger partial charge in [0.05, 0.1) is 5.02 Å². The molecular weight excluding hydrogens is 447 g/mol. The van der Waals surface area contributed by atoms with Crippen molar-refractivity contribution < 1.29 is 23.1 Å². The van der Waals surface area contributed by atoms with Gasteiger partial charge in [-0.2, -0.15) is 0 Å². The van der Waals surface area contributed by atoms with E-state index in [1.807, 2.05) is 6.92 Å². The Kier molecular flexibility index (Phi) is 9.76. The summed E-state index contributed by atoms with van der Waals surface area (Å²) < 4.78 is 39.8. The van der Waals surface area contributed by atoms with Gasteiger partial charge in [0.15, 0.2) is 17.5 Å². The molecule has 2 atom stereocenters. The molecule has 0 fully saturated rings. The van der Waals surface area contributed by atoms with E-state index in [1.54, 1.807) is 12.1 Å². The average molecular weight is 470 g/mol. The summed E-state index contributed by atoms with van der Waals surface area (Å²) in [5.74, 6) is -1.21. The molecular formula is C23H23ClF3NO2S. The summed E-state index contributed by atoms with van der Waals surface area (Å²) in [7, 11) is 0. The van der Waals surface area contributed by atoms with Crippen molar-refractivity contribution in [3.8, 4) is 12.3 Å². The fourth-order valence-electron chi connectivity index (χ4n) is 3.01. The van der Waals surface area contributed by atoms with Crippen LogP contribution in [-0.2, 0) is 0 Å². The van der Waals surface area contributed by atoms with Gasteiger partial charge in [0.25, 0.3) is 5.91 Å². The molecule has 2 aromatic rings. The van der Waals surface area contributed by atoms with Crippen molar-refractivity contribution in [2.24, 2.45) is 11.8 Å². The number of thioether (sulfide) groups is 1. The predicted molar refractivity (Wildman–Crippen MR) is 119 cm³/mol. The van der Waals surface area contributed by atoms with Crippen molar-refractivity contribution in [2.45, 2.75) is 31.1 Å². The Morgan fingerprint density at radius 3 is 2.55 bits per heavy atom. The molecule has 3 nitrogen and oxygen atoms in total. The highest BCUT2D eigenvalue weighted by molar-refractivity contribution is 7.99. The van der Waals surface area contributed by atoms with E-state index in [0.29, 0.717) is 34.2 Å². The van der Waals surface area contributed by atoms with Gasteiger partial charge in [-0.15, -0.1) is 24.1 Å². The summed E-state index contributed by atoms with van der Waals surface area (Å²) >= 11 is 7.75. The molecule has 0 saturated heterocycles. The van der Waals surface area contributed by atoms with E-state index in [-0.39, 0.29) is 29.7 Å². The molecule has 1 amide bonds. The molecule has 2 unspecified atom stereocenters. The van der Waals surface area contributed by atoms with Crippen LogP contribution >= 0.6 is 23.4 Å². The van der Waals surface area contributed by atoms with Crippen LogP contribution in [0.25, 0.3) is 0 Å². The normalized spacial score (nSPS) is 12.8. The van der Waals surface area contributed by atoms with Crippen LogP contribution in [0.2, 0.25) is 5.02 Å². The van der Waals surface area contributed by atoms with Crippen molar-refractivity contribution in [1.82, 2.24) is 0 Å². The zero-order chi connectivity index (χ0) is 23.0. The van der Waals surface area contributed by atoms with Gasteiger partial charge in [-0.1, -0.05) is 18.5 Å². The van der Waals surface area contributed by atoms with Crippen LogP contribution in [-0.4, -0.2) is 23.4 Å². The molecule has 2 rings (SSSR count). The van der Waals surface area contributed by atoms with Crippen LogP contribution in [0.5, 0.6) is 0 Å². The number of hydrogen-bond donors (Lipinski definition) is 2. The maximum absolute atomic E-state index is 13.4. The van der Waals surface area contributed by atoms with Gasteiger partial charge in [0.2, 0.25) is 0 Å². The van der Waals surface area contributed by atoms with E-state index in [2.05, 4.69) is 11.2 Å². The Bertz CT molecular complexity index is 941. The standard InChI is InChI=1S/C23H23ClF3NO2S/c1-3-14(2)9-15(5-4-8-29)13-31-21-10-16(6-7-18(21)24)23(30)28-17-11-19(25)22(27)20(26)12-17/h1,6-7,10-12,14-15,29H,4-5,8-9,13H2,2H3,(H,28,30). The zero-order valence-electron chi connectivity index (χ0n) is 16.9. The summed E-state index contributed by atoms with van der Waals surface area (Å²) in [6.07, 6.45) is 7.78. The minimum absolute atomic E-state index is 0.104. The molecule has 8 heteroatoms. The quantitative estimate of drug-likeness (QED) is 0.249. The van der Waals surface area contributed by atoms with Gasteiger partial charge >= 0.3 is 0 Å². The summed E-state index contributed by atoms with van der Waals surface area (Å²) in [4.78, 5) is 13.2. The van der Waals surface area contributed by atoms with Crippen molar-refractivity contribution >= 4 is 35.0 Å². The number of carbonyl (C=O) groups is 1. The first-order valence-electron chi connectivity index (χ1n) is 9.70. The summed E-state index contributed by atoms with van der Waals surface area (Å²) in [5.41, 5.74) is 0.0406. The van der Waals surface area contributed by atoms with Crippen molar-refractivity contribution in [1.29, 1.82) is 0 Å². The van der Waals surface area contributed by atoms with E-state index in [1.165, 1.54) is 17.8 Å². The van der Waals surface area contributed by atoms with E-state index in [4.69, 9.17) is 23.1 Å². The topological polar surface area (TPSA) is 49.3 Å². The highest BCUT2D eigenvalue weighted by atomic mass is 35.5. The summed E-state index contributed by atoms with van der Waals surface area (Å²) in [6, 6.07) is 6.06. The van der Waals surface area contributed by atoms with E-state index < -0.39 is 23.4 Å². The minimum atomic E-state index is -1.60. The number of benzene rings is 2. The Labute approximate surface area is 189 Å². The molecule has 0 bridgehead atoms. The van der Waals surface area contributed by atoms with Crippen LogP contribution < -0.4 is 5.32 Å². The minimum Gasteiger partial charge on any atom is -0.396 e. The maximum atomic E-state index is 13.4. The number of aliphatic hydroxyl groups is 1. The summed E-state index contributed by atoms with van der Waals surface area (Å²) in [6.45, 7) is 2.07. The Morgan fingerprint density at radius 2 is 1.94 bits per heavy atom. The molecule has 0 aromatic heterocycles. The SMILES string of the molecule is C#CC(C)CC(CCCO)CSc1cc(C(=O)Nc2cc(F)c(F)c(F)c2)ccc1Cl. The monoisotopic (exact) mass is 469 g/mol. The second-order valence-electron chi connectivity index (χ2n) is 7.20. The number of nitrogens with one attached hydrogen (secondary N) is 1. The Morgan fingerprint density at radius 1 is 1.26 bits per heavy atom. The zero-order valence-corrected chi connectivity index (χ0v) is 18.5. The number of aliphatic hydroxyl groups excluding tert-OH is 1. The molecule has 0 aliphatic carbocycles. The molecule has 0 aliphatic rings. The van der Waals surface area contributed by atoms with Crippen LogP contribution in [0.3, 0.4) is 0 Å². The lowest BCUT2D eigenvalue weighted by Gasteiger charge is -2.18. The first-order chi connectivity index (χ1) is 14.7. The Balaban J connectivity index is 2.11. The highest BCUT2D eigenvalue weighted by Crippen LogP contribution is 2.32. The van der Waals surface area contributed by atoms with Gasteiger partial charge in [0.1, 0.15) is 0 Å². The number of halogens is 4. The van der Waals surface area contributed by atoms with Crippen LogP contribution in [0.1, 0.15) is 36.5 Å². The number of terminal acetylenes is 1. The fourth-order valence-corrected chi connectivity index (χ4v) is 4.43. The number of anilines is 1. The third kappa shape index (κ3) is 7.49. The van der Waals surface area contributed by atoms with E-state index in [9.17, 15) is 18.0 Å². The molecule has 31 heavy (non-hydrogen) atoms. The number of amides is 1. The lowest BCUT2D eigenvalue weighted by molar-refractivity contribution is 0.102. The number of carbonyl (C=O) groups excluding carboxylic acids is 1. The highest BCUT2D eigenvalue weighted by Gasteiger charge is 2.16. The Hall–Kier alpha value is -2.14. The fraction of sp³-hybridized carbons (Fsp3) is 0.348. The number of hydrogen-bond acceptors (Lipinski definition) is 3. The van der Waals surface area contributed by atoms with Crippen LogP contribution in [0.4, 0.5) is 18.9 Å². The first-order valence-corrected chi connectivity index (χ1v) is 11.1. The van der Waals surface area contributed by atoms with Gasteiger partial charge in [-0.3, -0.25) is 4.79 Å².